The van der Waals surface area contributed by atoms with Crippen molar-refractivity contribution in [3.63, 3.8) is 0 Å². The van der Waals surface area contributed by atoms with Crippen molar-refractivity contribution < 1.29 is 27.7 Å². The Kier molecular flexibility index (Phi) is 7.59. The minimum Gasteiger partial charge on any atom is -0.463 e. The molecule has 2 aromatic rings. The molecule has 0 N–H and O–H groups in total. The number of aromatic nitrogens is 1. The summed E-state index contributed by atoms with van der Waals surface area (Å²) < 4.78 is 34.9. The summed E-state index contributed by atoms with van der Waals surface area (Å²) in [6, 6.07) is 7.14. The second-order valence-corrected chi connectivity index (χ2v) is 8.06. The quantitative estimate of drug-likeness (QED) is 0.262. The predicted octanol–water partition coefficient (Wildman–Crippen LogP) is 2.24. The van der Waals surface area contributed by atoms with Gasteiger partial charge in [0.25, 0.3) is 15.7 Å². The van der Waals surface area contributed by atoms with Crippen LogP contribution in [0.25, 0.3) is 0 Å². The van der Waals surface area contributed by atoms with Gasteiger partial charge in [0.05, 0.1) is 28.7 Å². The van der Waals surface area contributed by atoms with Crippen LogP contribution >= 0.6 is 0 Å². The summed E-state index contributed by atoms with van der Waals surface area (Å²) in [5.74, 6) is -1.33. The number of nitrogens with zero attached hydrogens (tertiary/aromatic N) is 3. The van der Waals surface area contributed by atoms with Gasteiger partial charge in [-0.2, -0.15) is 8.42 Å². The first kappa shape index (κ1) is 23.7. The van der Waals surface area contributed by atoms with Crippen LogP contribution in [-0.2, 0) is 24.3 Å². The van der Waals surface area contributed by atoms with E-state index in [2.05, 4.69) is 4.40 Å². The molecule has 1 heterocycles. The summed E-state index contributed by atoms with van der Waals surface area (Å²) in [7, 11) is -4.15. The molecule has 1 atom stereocenters. The van der Waals surface area contributed by atoms with Crippen molar-refractivity contribution in [3.8, 4) is 0 Å². The summed E-state index contributed by atoms with van der Waals surface area (Å²) >= 11 is 0. The molecule has 11 heteroatoms. The van der Waals surface area contributed by atoms with Crippen LogP contribution < -0.4 is 5.49 Å². The minimum atomic E-state index is -4.15. The zero-order valence-electron chi connectivity index (χ0n) is 17.1. The third-order valence-corrected chi connectivity index (χ3v) is 5.48. The summed E-state index contributed by atoms with van der Waals surface area (Å²) in [5.41, 5.74) is 0.314. The predicted molar refractivity (Wildman–Crippen MR) is 111 cm³/mol. The Morgan fingerprint density at radius 2 is 1.84 bits per heavy atom. The highest BCUT2D eigenvalue weighted by Gasteiger charge is 2.19. The highest BCUT2D eigenvalue weighted by Crippen LogP contribution is 2.15. The number of hydrogen-bond donors (Lipinski definition) is 0. The maximum absolute atomic E-state index is 12.7. The number of ketones is 1. The fourth-order valence-corrected chi connectivity index (χ4v) is 3.48. The number of carbonyl (C=O) groups is 2. The number of aryl methyl sites for hydroxylation is 1. The molecule has 1 aromatic heterocycles. The summed E-state index contributed by atoms with van der Waals surface area (Å²) in [5, 5.41) is 11.2. The number of ether oxygens (including phenoxy) is 1. The van der Waals surface area contributed by atoms with Crippen molar-refractivity contribution in [2.45, 2.75) is 31.7 Å². The third-order valence-electron chi connectivity index (χ3n) is 4.18. The lowest BCUT2D eigenvalue weighted by molar-refractivity contribution is -0.385. The van der Waals surface area contributed by atoms with Crippen molar-refractivity contribution in [1.29, 1.82) is 0 Å². The van der Waals surface area contributed by atoms with Gasteiger partial charge in [-0.05, 0) is 45.0 Å². The number of benzene rings is 1. The highest BCUT2D eigenvalue weighted by molar-refractivity contribution is 7.90. The molecule has 0 bridgehead atoms. The van der Waals surface area contributed by atoms with Gasteiger partial charge in [0.1, 0.15) is 5.49 Å². The van der Waals surface area contributed by atoms with E-state index >= 15 is 0 Å². The first-order chi connectivity index (χ1) is 14.5. The van der Waals surface area contributed by atoms with E-state index < -0.39 is 32.7 Å². The number of hydrogen-bond acceptors (Lipinski definition) is 7. The van der Waals surface area contributed by atoms with Gasteiger partial charge in [0, 0.05) is 12.1 Å². The van der Waals surface area contributed by atoms with Crippen molar-refractivity contribution in [1.82, 2.24) is 4.57 Å². The topological polar surface area (TPSA) is 138 Å². The third kappa shape index (κ3) is 6.19. The van der Waals surface area contributed by atoms with Gasteiger partial charge in [-0.15, -0.1) is 4.40 Å². The standard InChI is InChI=1S/C20H21N3O7S/c1-4-30-20(25)12-10-18(24)15(3)22-13-16(23(26)27)7-11-19(22)21-31(28,29)17-8-5-14(2)6-9-17/h5-13,15H,4H2,1-3H3. The van der Waals surface area contributed by atoms with Crippen LogP contribution in [0.15, 0.2) is 64.0 Å². The van der Waals surface area contributed by atoms with Crippen LogP contribution in [0.3, 0.4) is 0 Å². The van der Waals surface area contributed by atoms with Crippen LogP contribution in [0.1, 0.15) is 25.5 Å². The van der Waals surface area contributed by atoms with E-state index in [0.29, 0.717) is 0 Å². The minimum absolute atomic E-state index is 0.0656. The second kappa shape index (κ2) is 9.94. The van der Waals surface area contributed by atoms with Gasteiger partial charge in [-0.1, -0.05) is 17.7 Å². The zero-order valence-corrected chi connectivity index (χ0v) is 17.9. The summed E-state index contributed by atoms with van der Waals surface area (Å²) in [6.07, 6.45) is 2.91. The van der Waals surface area contributed by atoms with Crippen molar-refractivity contribution in [2.75, 3.05) is 6.61 Å². The Labute approximate surface area is 178 Å². The monoisotopic (exact) mass is 447 g/mol. The molecule has 0 aliphatic heterocycles. The van der Waals surface area contributed by atoms with E-state index in [1.807, 2.05) is 0 Å². The van der Waals surface area contributed by atoms with Crippen LogP contribution in [0.5, 0.6) is 0 Å². The lowest BCUT2D eigenvalue weighted by atomic mass is 10.2. The molecule has 0 spiro atoms. The Morgan fingerprint density at radius 3 is 2.42 bits per heavy atom. The summed E-state index contributed by atoms with van der Waals surface area (Å²) in [6.45, 7) is 4.94. The number of pyridine rings is 1. The lowest BCUT2D eigenvalue weighted by Crippen LogP contribution is -2.29. The molecule has 2 rings (SSSR count). The number of nitro groups is 1. The van der Waals surface area contributed by atoms with Crippen molar-refractivity contribution in [3.05, 3.63) is 75.9 Å². The Morgan fingerprint density at radius 1 is 1.19 bits per heavy atom. The fourth-order valence-electron chi connectivity index (χ4n) is 2.50. The van der Waals surface area contributed by atoms with Crippen LogP contribution in [0, 0.1) is 17.0 Å². The first-order valence-electron chi connectivity index (χ1n) is 9.18. The molecule has 0 saturated heterocycles. The smallest absolute Gasteiger partial charge is 0.330 e. The van der Waals surface area contributed by atoms with E-state index in [1.54, 1.807) is 26.0 Å². The van der Waals surface area contributed by atoms with E-state index in [0.717, 1.165) is 40.6 Å². The maximum atomic E-state index is 12.7. The molecule has 1 unspecified atom stereocenters. The molecule has 0 aliphatic carbocycles. The van der Waals surface area contributed by atoms with E-state index in [9.17, 15) is 28.1 Å². The number of carbonyl (C=O) groups excluding carboxylic acids is 2. The molecular formula is C20H21N3O7S. The molecule has 10 nitrogen and oxygen atoms in total. The number of rotatable bonds is 8. The molecule has 31 heavy (non-hydrogen) atoms. The van der Waals surface area contributed by atoms with Crippen molar-refractivity contribution in [2.24, 2.45) is 4.40 Å². The normalized spacial score (nSPS) is 13.2. The second-order valence-electron chi connectivity index (χ2n) is 6.45. The Balaban J connectivity index is 2.55. The summed E-state index contributed by atoms with van der Waals surface area (Å²) in [4.78, 5) is 34.3. The maximum Gasteiger partial charge on any atom is 0.330 e. The van der Waals surface area contributed by atoms with E-state index in [1.165, 1.54) is 19.1 Å². The molecule has 1 aromatic carbocycles. The lowest BCUT2D eigenvalue weighted by Gasteiger charge is -2.13. The SMILES string of the molecule is CCOC(=O)C=CC(=O)C(C)n1cc([N+](=O)[O-])ccc1=NS(=O)(=O)c1ccc(C)cc1. The van der Waals surface area contributed by atoms with Gasteiger partial charge in [-0.25, -0.2) is 4.79 Å². The van der Waals surface area contributed by atoms with Gasteiger partial charge < -0.3 is 9.30 Å². The van der Waals surface area contributed by atoms with Crippen LogP contribution in [0.2, 0.25) is 0 Å². The van der Waals surface area contributed by atoms with E-state index in [-0.39, 0.29) is 22.7 Å². The highest BCUT2D eigenvalue weighted by atomic mass is 32.2. The van der Waals surface area contributed by atoms with Crippen molar-refractivity contribution >= 4 is 27.5 Å². The average Bonchev–Trinajstić information content (AvgIpc) is 2.72. The van der Waals surface area contributed by atoms with Gasteiger partial charge >= 0.3 is 5.97 Å². The van der Waals surface area contributed by atoms with E-state index in [4.69, 9.17) is 4.74 Å². The fraction of sp³-hybridized carbons (Fsp3) is 0.250. The number of allylic oxidation sites excluding steroid dienone is 1. The molecular weight excluding hydrogens is 426 g/mol. The Bertz CT molecular complexity index is 1200. The largest absolute Gasteiger partial charge is 0.463 e. The molecule has 0 amide bonds. The average molecular weight is 447 g/mol. The molecule has 0 radical (unpaired) electrons. The molecule has 0 saturated carbocycles. The Hall–Kier alpha value is -3.60. The molecule has 0 fully saturated rings. The zero-order chi connectivity index (χ0) is 23.2. The number of esters is 1. The molecule has 164 valence electrons. The first-order valence-corrected chi connectivity index (χ1v) is 10.6. The van der Waals surface area contributed by atoms with Gasteiger partial charge in [0.15, 0.2) is 5.78 Å². The van der Waals surface area contributed by atoms with Crippen LogP contribution in [0.4, 0.5) is 5.69 Å². The van der Waals surface area contributed by atoms with Gasteiger partial charge in [-0.3, -0.25) is 14.9 Å². The van der Waals surface area contributed by atoms with Crippen LogP contribution in [-0.4, -0.2) is 36.3 Å². The van der Waals surface area contributed by atoms with Gasteiger partial charge in [0.2, 0.25) is 0 Å². The number of sulfonamides is 1. The molecule has 0 aliphatic rings.